The Hall–Kier alpha value is -1.66. The van der Waals surface area contributed by atoms with Crippen LogP contribution in [-0.4, -0.2) is 32.7 Å². The molecule has 1 saturated heterocycles. The Morgan fingerprint density at radius 1 is 1.10 bits per heavy atom. The highest BCUT2D eigenvalue weighted by molar-refractivity contribution is 6.74. The van der Waals surface area contributed by atoms with Crippen LogP contribution in [0.5, 0.6) is 5.75 Å². The zero-order valence-corrected chi connectivity index (χ0v) is 19.3. The first-order chi connectivity index (χ1) is 13.6. The van der Waals surface area contributed by atoms with Gasteiger partial charge in [0.1, 0.15) is 24.1 Å². The molecule has 1 N–H and O–H groups in total. The Morgan fingerprint density at radius 3 is 2.52 bits per heavy atom. The summed E-state index contributed by atoms with van der Waals surface area (Å²) in [5.74, 6) is 0.748. The molecule has 2 atom stereocenters. The van der Waals surface area contributed by atoms with E-state index in [0.717, 1.165) is 16.9 Å². The predicted octanol–water partition coefficient (Wildman–Crippen LogP) is 5.26. The molecule has 0 aliphatic carbocycles. The Bertz CT molecular complexity index is 800. The van der Waals surface area contributed by atoms with Crippen molar-refractivity contribution in [2.75, 3.05) is 13.2 Å². The van der Waals surface area contributed by atoms with E-state index in [0.29, 0.717) is 26.2 Å². The molecule has 1 fully saturated rings. The molecule has 0 bridgehead atoms. The number of ether oxygens (including phenoxy) is 2. The van der Waals surface area contributed by atoms with Crippen LogP contribution in [-0.2, 0) is 21.4 Å². The minimum absolute atomic E-state index is 0.0615. The molecule has 4 nitrogen and oxygen atoms in total. The van der Waals surface area contributed by atoms with Crippen molar-refractivity contribution in [2.45, 2.75) is 63.6 Å². The monoisotopic (exact) mass is 414 g/mol. The number of hydrogen-bond acceptors (Lipinski definition) is 4. The summed E-state index contributed by atoms with van der Waals surface area (Å²) in [5.41, 5.74) is 0.858. The fraction of sp³-hybridized carbons (Fsp3) is 0.500. The maximum atomic E-state index is 11.7. The molecule has 2 aromatic carbocycles. The van der Waals surface area contributed by atoms with Gasteiger partial charge in [0.05, 0.1) is 6.61 Å². The van der Waals surface area contributed by atoms with Crippen LogP contribution < -0.4 is 4.74 Å². The SMILES string of the molecule is CC(C)(C)[Si](C)(C)OC1COCCC1(O)c1cccc(OCc2ccccc2)c1. The van der Waals surface area contributed by atoms with Gasteiger partial charge < -0.3 is 19.0 Å². The minimum Gasteiger partial charge on any atom is -0.489 e. The Labute approximate surface area is 176 Å². The van der Waals surface area contributed by atoms with Gasteiger partial charge in [-0.05, 0) is 41.4 Å². The number of aliphatic hydroxyl groups is 1. The van der Waals surface area contributed by atoms with Gasteiger partial charge in [0, 0.05) is 13.0 Å². The van der Waals surface area contributed by atoms with Gasteiger partial charge in [0.2, 0.25) is 0 Å². The summed E-state index contributed by atoms with van der Waals surface area (Å²) < 4.78 is 18.3. The second kappa shape index (κ2) is 8.60. The molecule has 1 aliphatic rings. The van der Waals surface area contributed by atoms with Crippen molar-refractivity contribution in [2.24, 2.45) is 0 Å². The summed E-state index contributed by atoms with van der Waals surface area (Å²) in [7, 11) is -2.06. The van der Waals surface area contributed by atoms with E-state index in [1.807, 2.05) is 54.6 Å². The van der Waals surface area contributed by atoms with Crippen LogP contribution >= 0.6 is 0 Å². The first kappa shape index (κ1) is 22.0. The molecule has 0 spiro atoms. The van der Waals surface area contributed by atoms with E-state index in [9.17, 15) is 5.11 Å². The topological polar surface area (TPSA) is 47.9 Å². The van der Waals surface area contributed by atoms with Crippen LogP contribution in [0, 0.1) is 0 Å². The quantitative estimate of drug-likeness (QED) is 0.655. The fourth-order valence-electron chi connectivity index (χ4n) is 3.31. The van der Waals surface area contributed by atoms with Gasteiger partial charge in [-0.15, -0.1) is 0 Å². The molecular weight excluding hydrogens is 380 g/mol. The molecule has 2 unspecified atom stereocenters. The predicted molar refractivity (Wildman–Crippen MR) is 119 cm³/mol. The third-order valence-corrected chi connectivity index (χ3v) is 10.7. The lowest BCUT2D eigenvalue weighted by atomic mass is 9.84. The summed E-state index contributed by atoms with van der Waals surface area (Å²) in [5, 5.41) is 11.8. The van der Waals surface area contributed by atoms with Gasteiger partial charge in [-0.3, -0.25) is 0 Å². The van der Waals surface area contributed by atoms with Crippen molar-refractivity contribution in [1.29, 1.82) is 0 Å². The lowest BCUT2D eigenvalue weighted by Gasteiger charge is -2.46. The standard InChI is InChI=1S/C24H34O4Si/c1-23(2,3)29(4,5)28-22-18-26-15-14-24(22,25)20-12-9-13-21(16-20)27-17-19-10-7-6-8-11-19/h6-13,16,22,25H,14-15,17-18H2,1-5H3. The van der Waals surface area contributed by atoms with Gasteiger partial charge in [-0.1, -0.05) is 63.2 Å². The summed E-state index contributed by atoms with van der Waals surface area (Å²) >= 11 is 0. The van der Waals surface area contributed by atoms with Gasteiger partial charge >= 0.3 is 0 Å². The molecule has 29 heavy (non-hydrogen) atoms. The smallest absolute Gasteiger partial charge is 0.192 e. The maximum absolute atomic E-state index is 11.7. The summed E-state index contributed by atoms with van der Waals surface area (Å²) in [6.45, 7) is 12.5. The van der Waals surface area contributed by atoms with Crippen molar-refractivity contribution in [1.82, 2.24) is 0 Å². The summed E-state index contributed by atoms with van der Waals surface area (Å²) in [4.78, 5) is 0. The number of rotatable bonds is 6. The third-order valence-electron chi connectivity index (χ3n) is 6.25. The lowest BCUT2D eigenvalue weighted by Crippen LogP contribution is -2.55. The molecule has 0 aromatic heterocycles. The molecule has 0 saturated carbocycles. The first-order valence-corrected chi connectivity index (χ1v) is 13.3. The molecule has 0 radical (unpaired) electrons. The first-order valence-electron chi connectivity index (χ1n) is 10.4. The molecule has 0 amide bonds. The van der Waals surface area contributed by atoms with Crippen molar-refractivity contribution in [3.63, 3.8) is 0 Å². The van der Waals surface area contributed by atoms with Crippen LogP contribution in [0.1, 0.15) is 38.3 Å². The minimum atomic E-state index is -2.06. The Kier molecular flexibility index (Phi) is 6.53. The van der Waals surface area contributed by atoms with Crippen LogP contribution in [0.15, 0.2) is 54.6 Å². The van der Waals surface area contributed by atoms with Crippen LogP contribution in [0.2, 0.25) is 18.1 Å². The molecule has 1 heterocycles. The normalized spacial score (nSPS) is 23.0. The van der Waals surface area contributed by atoms with E-state index in [4.69, 9.17) is 13.9 Å². The molecule has 2 aromatic rings. The Balaban J connectivity index is 1.80. The fourth-order valence-corrected chi connectivity index (χ4v) is 4.64. The van der Waals surface area contributed by atoms with Crippen LogP contribution in [0.3, 0.4) is 0 Å². The second-order valence-electron chi connectivity index (χ2n) is 9.42. The van der Waals surface area contributed by atoms with Crippen LogP contribution in [0.4, 0.5) is 0 Å². The summed E-state index contributed by atoms with van der Waals surface area (Å²) in [6, 6.07) is 17.8. The van der Waals surface area contributed by atoms with Gasteiger partial charge in [0.15, 0.2) is 8.32 Å². The molecular formula is C24H34O4Si. The second-order valence-corrected chi connectivity index (χ2v) is 14.2. The zero-order chi connectivity index (χ0) is 21.1. The van der Waals surface area contributed by atoms with E-state index >= 15 is 0 Å². The number of benzene rings is 2. The van der Waals surface area contributed by atoms with Gasteiger partial charge in [-0.2, -0.15) is 0 Å². The van der Waals surface area contributed by atoms with E-state index in [-0.39, 0.29) is 11.1 Å². The third kappa shape index (κ3) is 5.09. The van der Waals surface area contributed by atoms with Crippen molar-refractivity contribution in [3.8, 4) is 5.75 Å². The molecule has 1 aliphatic heterocycles. The van der Waals surface area contributed by atoms with Gasteiger partial charge in [-0.25, -0.2) is 0 Å². The van der Waals surface area contributed by atoms with E-state index in [1.54, 1.807) is 0 Å². The summed E-state index contributed by atoms with van der Waals surface area (Å²) in [6.07, 6.45) is 0.121. The van der Waals surface area contributed by atoms with E-state index < -0.39 is 13.9 Å². The lowest BCUT2D eigenvalue weighted by molar-refractivity contribution is -0.151. The Morgan fingerprint density at radius 2 is 1.83 bits per heavy atom. The molecule has 158 valence electrons. The average Bonchev–Trinajstić information content (AvgIpc) is 2.68. The zero-order valence-electron chi connectivity index (χ0n) is 18.3. The highest BCUT2D eigenvalue weighted by atomic mass is 28.4. The van der Waals surface area contributed by atoms with Crippen molar-refractivity contribution in [3.05, 3.63) is 65.7 Å². The van der Waals surface area contributed by atoms with Crippen molar-refractivity contribution < 1.29 is 19.0 Å². The van der Waals surface area contributed by atoms with Crippen LogP contribution in [0.25, 0.3) is 0 Å². The average molecular weight is 415 g/mol. The molecule has 5 heteroatoms. The van der Waals surface area contributed by atoms with Crippen molar-refractivity contribution >= 4 is 8.32 Å². The number of hydrogen-bond donors (Lipinski definition) is 1. The highest BCUT2D eigenvalue weighted by Crippen LogP contribution is 2.42. The maximum Gasteiger partial charge on any atom is 0.192 e. The van der Waals surface area contributed by atoms with E-state index in [2.05, 4.69) is 33.9 Å². The molecule has 3 rings (SSSR count). The largest absolute Gasteiger partial charge is 0.489 e. The van der Waals surface area contributed by atoms with E-state index in [1.165, 1.54) is 0 Å². The highest BCUT2D eigenvalue weighted by Gasteiger charge is 2.48. The van der Waals surface area contributed by atoms with Gasteiger partial charge in [0.25, 0.3) is 0 Å².